The number of ether oxygens (including phenoxy) is 1. The van der Waals surface area contributed by atoms with Crippen LogP contribution >= 0.6 is 0 Å². The second-order valence-electron chi connectivity index (χ2n) is 3.88. The van der Waals surface area contributed by atoms with E-state index in [0.717, 1.165) is 0 Å². The first-order chi connectivity index (χ1) is 8.65. The predicted octanol–water partition coefficient (Wildman–Crippen LogP) is 1.35. The van der Waals surface area contributed by atoms with E-state index < -0.39 is 11.4 Å². The zero-order chi connectivity index (χ0) is 13.1. The highest BCUT2D eigenvalue weighted by Crippen LogP contribution is 2.11. The van der Waals surface area contributed by atoms with E-state index in [-0.39, 0.29) is 5.56 Å². The van der Waals surface area contributed by atoms with Crippen LogP contribution in [0.3, 0.4) is 0 Å². The SMILES string of the molecule is COCCn1cc(C(=O)O)c(=O)c2ccccc21. The molecule has 2 aromatic rings. The standard InChI is InChI=1S/C13H13NO4/c1-18-7-6-14-8-10(13(16)17)12(15)9-4-2-3-5-11(9)14/h2-5,8H,6-7H2,1H3,(H,16,17). The molecule has 0 unspecified atom stereocenters. The second-order valence-corrected chi connectivity index (χ2v) is 3.88. The van der Waals surface area contributed by atoms with Gasteiger partial charge in [0.25, 0.3) is 0 Å². The van der Waals surface area contributed by atoms with Gasteiger partial charge in [0.2, 0.25) is 5.43 Å². The molecule has 18 heavy (non-hydrogen) atoms. The molecule has 0 aliphatic rings. The number of nitrogens with zero attached hydrogens (tertiary/aromatic N) is 1. The Bertz CT molecular complexity index is 645. The van der Waals surface area contributed by atoms with Crippen molar-refractivity contribution in [1.29, 1.82) is 0 Å². The minimum Gasteiger partial charge on any atom is -0.477 e. The Kier molecular flexibility index (Phi) is 3.43. The summed E-state index contributed by atoms with van der Waals surface area (Å²) in [6.07, 6.45) is 1.37. The lowest BCUT2D eigenvalue weighted by Gasteiger charge is -2.11. The summed E-state index contributed by atoms with van der Waals surface area (Å²) in [5.41, 5.74) is 0.0427. The van der Waals surface area contributed by atoms with Gasteiger partial charge in [0.15, 0.2) is 0 Å². The summed E-state index contributed by atoms with van der Waals surface area (Å²) < 4.78 is 6.70. The molecule has 0 aliphatic heterocycles. The van der Waals surface area contributed by atoms with Crippen molar-refractivity contribution in [3.05, 3.63) is 46.2 Å². The summed E-state index contributed by atoms with van der Waals surface area (Å²) in [7, 11) is 1.57. The molecule has 1 N–H and O–H groups in total. The number of carbonyl (C=O) groups is 1. The van der Waals surface area contributed by atoms with Gasteiger partial charge >= 0.3 is 5.97 Å². The molecule has 0 atom stereocenters. The molecular weight excluding hydrogens is 234 g/mol. The highest BCUT2D eigenvalue weighted by molar-refractivity contribution is 5.92. The van der Waals surface area contributed by atoms with Gasteiger partial charge in [0, 0.05) is 25.2 Å². The lowest BCUT2D eigenvalue weighted by Crippen LogP contribution is -2.19. The maximum absolute atomic E-state index is 12.0. The normalized spacial score (nSPS) is 10.7. The number of hydrogen-bond donors (Lipinski definition) is 1. The van der Waals surface area contributed by atoms with Crippen molar-refractivity contribution in [2.24, 2.45) is 0 Å². The lowest BCUT2D eigenvalue weighted by molar-refractivity contribution is 0.0694. The van der Waals surface area contributed by atoms with E-state index in [2.05, 4.69) is 0 Å². The van der Waals surface area contributed by atoms with Crippen molar-refractivity contribution in [2.45, 2.75) is 6.54 Å². The third-order valence-corrected chi connectivity index (χ3v) is 2.75. The van der Waals surface area contributed by atoms with Crippen LogP contribution in [0.5, 0.6) is 0 Å². The molecular formula is C13H13NO4. The van der Waals surface area contributed by atoms with Crippen LogP contribution in [-0.4, -0.2) is 29.4 Å². The lowest BCUT2D eigenvalue weighted by atomic mass is 10.1. The van der Waals surface area contributed by atoms with Crippen LogP contribution in [0, 0.1) is 0 Å². The zero-order valence-electron chi connectivity index (χ0n) is 9.92. The molecule has 0 bridgehead atoms. The van der Waals surface area contributed by atoms with Gasteiger partial charge < -0.3 is 14.4 Å². The smallest absolute Gasteiger partial charge is 0.341 e. The molecule has 0 saturated heterocycles. The van der Waals surface area contributed by atoms with Gasteiger partial charge in [-0.1, -0.05) is 12.1 Å². The molecule has 0 amide bonds. The Hall–Kier alpha value is -2.14. The summed E-state index contributed by atoms with van der Waals surface area (Å²) in [5.74, 6) is -1.21. The topological polar surface area (TPSA) is 68.5 Å². The van der Waals surface area contributed by atoms with Crippen LogP contribution in [-0.2, 0) is 11.3 Å². The van der Waals surface area contributed by atoms with Crippen LogP contribution in [0.25, 0.3) is 10.9 Å². The van der Waals surface area contributed by atoms with Crippen molar-refractivity contribution in [2.75, 3.05) is 13.7 Å². The number of aromatic nitrogens is 1. The fourth-order valence-electron chi connectivity index (χ4n) is 1.87. The van der Waals surface area contributed by atoms with E-state index in [1.165, 1.54) is 6.20 Å². The van der Waals surface area contributed by atoms with Gasteiger partial charge in [-0.25, -0.2) is 4.79 Å². The summed E-state index contributed by atoms with van der Waals surface area (Å²) in [6.45, 7) is 0.948. The van der Waals surface area contributed by atoms with Crippen molar-refractivity contribution in [1.82, 2.24) is 4.57 Å². The monoisotopic (exact) mass is 247 g/mol. The van der Waals surface area contributed by atoms with Crippen LogP contribution < -0.4 is 5.43 Å². The molecule has 0 saturated carbocycles. The van der Waals surface area contributed by atoms with E-state index >= 15 is 0 Å². The minimum atomic E-state index is -1.21. The van der Waals surface area contributed by atoms with Crippen LogP contribution in [0.2, 0.25) is 0 Å². The van der Waals surface area contributed by atoms with Gasteiger partial charge in [-0.05, 0) is 12.1 Å². The summed E-state index contributed by atoms with van der Waals surface area (Å²) in [6, 6.07) is 6.95. The van der Waals surface area contributed by atoms with Crippen LogP contribution in [0.15, 0.2) is 35.3 Å². The fraction of sp³-hybridized carbons (Fsp3) is 0.231. The molecule has 0 aliphatic carbocycles. The molecule has 5 heteroatoms. The fourth-order valence-corrected chi connectivity index (χ4v) is 1.87. The number of benzene rings is 1. The highest BCUT2D eigenvalue weighted by Gasteiger charge is 2.13. The number of aromatic carboxylic acids is 1. The van der Waals surface area contributed by atoms with E-state index in [1.807, 2.05) is 6.07 Å². The second kappa shape index (κ2) is 5.01. The average molecular weight is 247 g/mol. The average Bonchev–Trinajstić information content (AvgIpc) is 2.38. The first-order valence-corrected chi connectivity index (χ1v) is 5.49. The Balaban J connectivity index is 2.72. The minimum absolute atomic E-state index is 0.218. The largest absolute Gasteiger partial charge is 0.477 e. The number of rotatable bonds is 4. The van der Waals surface area contributed by atoms with E-state index in [4.69, 9.17) is 9.84 Å². The molecule has 94 valence electrons. The Labute approximate surface area is 103 Å². The molecule has 0 spiro atoms. The number of pyridine rings is 1. The van der Waals surface area contributed by atoms with E-state index in [0.29, 0.717) is 24.1 Å². The predicted molar refractivity (Wildman–Crippen MR) is 67.0 cm³/mol. The van der Waals surface area contributed by atoms with E-state index in [1.54, 1.807) is 29.9 Å². The molecule has 1 aromatic carbocycles. The maximum atomic E-state index is 12.0. The third kappa shape index (κ3) is 2.12. The van der Waals surface area contributed by atoms with E-state index in [9.17, 15) is 9.59 Å². The van der Waals surface area contributed by atoms with Crippen molar-refractivity contribution < 1.29 is 14.6 Å². The van der Waals surface area contributed by atoms with Crippen molar-refractivity contribution in [3.63, 3.8) is 0 Å². The van der Waals surface area contributed by atoms with Crippen molar-refractivity contribution in [3.8, 4) is 0 Å². The zero-order valence-corrected chi connectivity index (χ0v) is 9.92. The molecule has 5 nitrogen and oxygen atoms in total. The third-order valence-electron chi connectivity index (χ3n) is 2.75. The number of para-hydroxylation sites is 1. The Morgan fingerprint density at radius 3 is 2.78 bits per heavy atom. The summed E-state index contributed by atoms with van der Waals surface area (Å²) >= 11 is 0. The van der Waals surface area contributed by atoms with Gasteiger partial charge in [-0.2, -0.15) is 0 Å². The van der Waals surface area contributed by atoms with Crippen molar-refractivity contribution >= 4 is 16.9 Å². The highest BCUT2D eigenvalue weighted by atomic mass is 16.5. The van der Waals surface area contributed by atoms with Gasteiger partial charge in [-0.15, -0.1) is 0 Å². The van der Waals surface area contributed by atoms with Crippen LogP contribution in [0.4, 0.5) is 0 Å². The number of carboxylic acids is 1. The van der Waals surface area contributed by atoms with Crippen LogP contribution in [0.1, 0.15) is 10.4 Å². The first kappa shape index (κ1) is 12.3. The number of hydrogen-bond acceptors (Lipinski definition) is 3. The number of methoxy groups -OCH3 is 1. The Morgan fingerprint density at radius 2 is 2.11 bits per heavy atom. The van der Waals surface area contributed by atoms with Gasteiger partial charge in [0.1, 0.15) is 5.56 Å². The summed E-state index contributed by atoms with van der Waals surface area (Å²) in [4.78, 5) is 23.0. The molecule has 2 rings (SSSR count). The molecule has 1 heterocycles. The quantitative estimate of drug-likeness (QED) is 0.885. The maximum Gasteiger partial charge on any atom is 0.341 e. The summed E-state index contributed by atoms with van der Waals surface area (Å²) in [5, 5.41) is 9.44. The molecule has 1 aromatic heterocycles. The Morgan fingerprint density at radius 1 is 1.39 bits per heavy atom. The number of fused-ring (bicyclic) bond motifs is 1. The van der Waals surface area contributed by atoms with Gasteiger partial charge in [-0.3, -0.25) is 4.79 Å². The number of carboxylic acid groups (broad SMARTS) is 1. The van der Waals surface area contributed by atoms with Gasteiger partial charge in [0.05, 0.1) is 12.1 Å². The molecule has 0 fully saturated rings. The first-order valence-electron chi connectivity index (χ1n) is 5.49. The molecule has 0 radical (unpaired) electrons.